The van der Waals surface area contributed by atoms with Crippen LogP contribution in [0.3, 0.4) is 0 Å². The fourth-order valence-electron chi connectivity index (χ4n) is 2.07. The molecule has 0 saturated carbocycles. The van der Waals surface area contributed by atoms with Crippen LogP contribution in [0.4, 0.5) is 0 Å². The molecule has 2 unspecified atom stereocenters. The Morgan fingerprint density at radius 3 is 2.78 bits per heavy atom. The summed E-state index contributed by atoms with van der Waals surface area (Å²) < 4.78 is 30.4. The highest BCUT2D eigenvalue weighted by molar-refractivity contribution is 9.10. The Hall–Kier alpha value is -0.430. The number of halogens is 1. The number of benzene rings is 1. The van der Waals surface area contributed by atoms with Gasteiger partial charge in [0.25, 0.3) is 0 Å². The molecule has 4 nitrogen and oxygen atoms in total. The monoisotopic (exact) mass is 333 g/mol. The van der Waals surface area contributed by atoms with E-state index < -0.39 is 9.84 Å². The molecule has 2 N–H and O–H groups in total. The summed E-state index contributed by atoms with van der Waals surface area (Å²) in [6, 6.07) is 6.44. The first kappa shape index (κ1) is 14.0. The van der Waals surface area contributed by atoms with Gasteiger partial charge in [0, 0.05) is 23.0 Å². The Labute approximate surface area is 116 Å². The van der Waals surface area contributed by atoms with E-state index in [2.05, 4.69) is 15.9 Å². The van der Waals surface area contributed by atoms with Crippen LogP contribution in [0.25, 0.3) is 0 Å². The Bertz CT molecular complexity index is 512. The zero-order valence-corrected chi connectivity index (χ0v) is 12.3. The van der Waals surface area contributed by atoms with Crippen LogP contribution in [0, 0.1) is 5.92 Å². The predicted octanol–water partition coefficient (Wildman–Crippen LogP) is 1.59. The minimum atomic E-state index is -3.36. The molecule has 1 saturated heterocycles. The first-order valence-corrected chi connectivity index (χ1v) is 8.26. The van der Waals surface area contributed by atoms with Crippen LogP contribution in [-0.4, -0.2) is 33.4 Å². The van der Waals surface area contributed by atoms with Crippen molar-refractivity contribution in [2.75, 3.05) is 19.0 Å². The van der Waals surface area contributed by atoms with E-state index in [-0.39, 0.29) is 17.7 Å². The lowest BCUT2D eigenvalue weighted by atomic mass is 10.0. The average molecular weight is 334 g/mol. The van der Waals surface area contributed by atoms with Crippen molar-refractivity contribution in [3.8, 4) is 0 Å². The van der Waals surface area contributed by atoms with E-state index in [0.717, 1.165) is 6.42 Å². The summed E-state index contributed by atoms with van der Waals surface area (Å²) in [4.78, 5) is 0.305. The topological polar surface area (TPSA) is 69.4 Å². The molecule has 1 aromatic rings. The van der Waals surface area contributed by atoms with Crippen LogP contribution < -0.4 is 5.73 Å². The van der Waals surface area contributed by atoms with Crippen LogP contribution in [0.1, 0.15) is 6.42 Å². The minimum Gasteiger partial charge on any atom is -0.381 e. The highest BCUT2D eigenvalue weighted by atomic mass is 79.9. The first-order valence-electron chi connectivity index (χ1n) is 5.81. The van der Waals surface area contributed by atoms with Crippen LogP contribution in [-0.2, 0) is 14.6 Å². The molecular formula is C12H16BrNO3S. The van der Waals surface area contributed by atoms with E-state index in [9.17, 15) is 8.42 Å². The van der Waals surface area contributed by atoms with Crippen LogP contribution in [0.2, 0.25) is 0 Å². The number of ether oxygens (including phenoxy) is 1. The SMILES string of the molecule is NC(CS(=O)(=O)c1ccccc1Br)C1CCOC1. The summed E-state index contributed by atoms with van der Waals surface area (Å²) in [5.74, 6) is 0.103. The lowest BCUT2D eigenvalue weighted by molar-refractivity contribution is 0.182. The molecule has 18 heavy (non-hydrogen) atoms. The molecule has 6 heteroatoms. The summed E-state index contributed by atoms with van der Waals surface area (Å²) in [5.41, 5.74) is 5.98. The third-order valence-corrected chi connectivity index (χ3v) is 5.96. The van der Waals surface area contributed by atoms with Crippen molar-refractivity contribution in [3.05, 3.63) is 28.7 Å². The van der Waals surface area contributed by atoms with Crippen LogP contribution in [0.15, 0.2) is 33.6 Å². The van der Waals surface area contributed by atoms with Crippen molar-refractivity contribution in [3.63, 3.8) is 0 Å². The third-order valence-electron chi connectivity index (χ3n) is 3.15. The molecule has 1 aromatic carbocycles. The maximum atomic E-state index is 12.3. The largest absolute Gasteiger partial charge is 0.381 e. The maximum absolute atomic E-state index is 12.3. The minimum absolute atomic E-state index is 0.0381. The van der Waals surface area contributed by atoms with E-state index in [1.165, 1.54) is 0 Å². The van der Waals surface area contributed by atoms with E-state index in [0.29, 0.717) is 22.6 Å². The normalized spacial score (nSPS) is 22.0. The summed E-state index contributed by atoms with van der Waals surface area (Å²) in [6.45, 7) is 1.24. The smallest absolute Gasteiger partial charge is 0.181 e. The number of sulfone groups is 1. The van der Waals surface area contributed by atoms with Gasteiger partial charge in [-0.25, -0.2) is 8.42 Å². The molecule has 2 rings (SSSR count). The van der Waals surface area contributed by atoms with Crippen molar-refractivity contribution in [2.45, 2.75) is 17.4 Å². The lowest BCUT2D eigenvalue weighted by Crippen LogP contribution is -2.37. The molecule has 0 aliphatic carbocycles. The summed E-state index contributed by atoms with van der Waals surface area (Å²) in [5, 5.41) is 0. The van der Waals surface area contributed by atoms with Crippen molar-refractivity contribution in [1.29, 1.82) is 0 Å². The van der Waals surface area contributed by atoms with Gasteiger partial charge in [-0.1, -0.05) is 12.1 Å². The number of nitrogens with two attached hydrogens (primary N) is 1. The highest BCUT2D eigenvalue weighted by Gasteiger charge is 2.28. The Balaban J connectivity index is 2.14. The summed E-state index contributed by atoms with van der Waals surface area (Å²) in [6.07, 6.45) is 0.840. The van der Waals surface area contributed by atoms with Crippen LogP contribution >= 0.6 is 15.9 Å². The van der Waals surface area contributed by atoms with Gasteiger partial charge in [-0.2, -0.15) is 0 Å². The summed E-state index contributed by atoms with van der Waals surface area (Å²) in [7, 11) is -3.36. The molecule has 1 fully saturated rings. The second kappa shape index (κ2) is 5.69. The van der Waals surface area contributed by atoms with Crippen molar-refractivity contribution >= 4 is 25.8 Å². The molecule has 1 aliphatic heterocycles. The van der Waals surface area contributed by atoms with Gasteiger partial charge in [-0.15, -0.1) is 0 Å². The van der Waals surface area contributed by atoms with Crippen molar-refractivity contribution in [2.24, 2.45) is 11.7 Å². The number of rotatable bonds is 4. The second-order valence-electron chi connectivity index (χ2n) is 4.50. The molecule has 0 amide bonds. The Morgan fingerprint density at radius 1 is 1.44 bits per heavy atom. The number of hydrogen-bond acceptors (Lipinski definition) is 4. The van der Waals surface area contributed by atoms with Crippen molar-refractivity contribution in [1.82, 2.24) is 0 Å². The van der Waals surface area contributed by atoms with Gasteiger partial charge in [0.05, 0.1) is 17.3 Å². The van der Waals surface area contributed by atoms with E-state index in [1.54, 1.807) is 24.3 Å². The Morgan fingerprint density at radius 2 is 2.17 bits per heavy atom. The fourth-order valence-corrected chi connectivity index (χ4v) is 4.70. The molecule has 0 bridgehead atoms. The quantitative estimate of drug-likeness (QED) is 0.908. The van der Waals surface area contributed by atoms with Crippen molar-refractivity contribution < 1.29 is 13.2 Å². The number of hydrogen-bond donors (Lipinski definition) is 1. The standard InChI is InChI=1S/C12H16BrNO3S/c13-10-3-1-2-4-12(10)18(15,16)8-11(14)9-5-6-17-7-9/h1-4,9,11H,5-8,14H2. The van der Waals surface area contributed by atoms with E-state index in [4.69, 9.17) is 10.5 Å². The summed E-state index contributed by atoms with van der Waals surface area (Å²) >= 11 is 3.26. The zero-order chi connectivity index (χ0) is 13.2. The second-order valence-corrected chi connectivity index (χ2v) is 7.36. The molecule has 2 atom stereocenters. The van der Waals surface area contributed by atoms with Gasteiger partial charge in [0.15, 0.2) is 9.84 Å². The molecule has 100 valence electrons. The first-order chi connectivity index (χ1) is 8.50. The van der Waals surface area contributed by atoms with Gasteiger partial charge in [-0.3, -0.25) is 0 Å². The molecule has 1 heterocycles. The van der Waals surface area contributed by atoms with Crippen LogP contribution in [0.5, 0.6) is 0 Å². The van der Waals surface area contributed by atoms with E-state index in [1.807, 2.05) is 0 Å². The lowest BCUT2D eigenvalue weighted by Gasteiger charge is -2.17. The van der Waals surface area contributed by atoms with Gasteiger partial charge < -0.3 is 10.5 Å². The van der Waals surface area contributed by atoms with E-state index >= 15 is 0 Å². The fraction of sp³-hybridized carbons (Fsp3) is 0.500. The molecule has 0 radical (unpaired) electrons. The Kier molecular flexibility index (Phi) is 4.42. The molecule has 1 aliphatic rings. The predicted molar refractivity (Wildman–Crippen MR) is 73.1 cm³/mol. The van der Waals surface area contributed by atoms with Gasteiger partial charge in [0.2, 0.25) is 0 Å². The van der Waals surface area contributed by atoms with Gasteiger partial charge in [-0.05, 0) is 34.5 Å². The molecule has 0 spiro atoms. The zero-order valence-electron chi connectivity index (χ0n) is 9.88. The third kappa shape index (κ3) is 3.12. The highest BCUT2D eigenvalue weighted by Crippen LogP contribution is 2.24. The maximum Gasteiger partial charge on any atom is 0.181 e. The van der Waals surface area contributed by atoms with Gasteiger partial charge in [0.1, 0.15) is 0 Å². The average Bonchev–Trinajstić information content (AvgIpc) is 2.82. The molecular weight excluding hydrogens is 318 g/mol. The molecule has 0 aromatic heterocycles. The van der Waals surface area contributed by atoms with Gasteiger partial charge >= 0.3 is 0 Å².